The van der Waals surface area contributed by atoms with Crippen LogP contribution in [0.1, 0.15) is 35.2 Å². The molecule has 1 aliphatic heterocycles. The average molecular weight is 403 g/mol. The van der Waals surface area contributed by atoms with Crippen LogP contribution in [0.25, 0.3) is 0 Å². The molecule has 0 bridgehead atoms. The fourth-order valence-electron chi connectivity index (χ4n) is 2.31. The number of benzene rings is 1. The van der Waals surface area contributed by atoms with Gasteiger partial charge in [-0.2, -0.15) is 0 Å². The topological polar surface area (TPSA) is 67.9 Å². The highest BCUT2D eigenvalue weighted by Gasteiger charge is 2.11. The van der Waals surface area contributed by atoms with Gasteiger partial charge in [0.15, 0.2) is 5.96 Å². The van der Waals surface area contributed by atoms with Gasteiger partial charge in [0, 0.05) is 13.1 Å². The Labute approximate surface area is 142 Å². The molecule has 0 amide bonds. The van der Waals surface area contributed by atoms with Crippen molar-refractivity contribution >= 4 is 35.9 Å². The first kappa shape index (κ1) is 17.7. The van der Waals surface area contributed by atoms with Gasteiger partial charge in [0.1, 0.15) is 0 Å². The number of likely N-dealkylation sites (tertiary alicyclic amines) is 1. The maximum absolute atomic E-state index is 11.5. The Morgan fingerprint density at radius 2 is 2.05 bits per heavy atom. The molecule has 0 radical (unpaired) electrons. The number of ether oxygens (including phenoxy) is 1. The Morgan fingerprint density at radius 3 is 2.71 bits per heavy atom. The number of guanidine groups is 1. The van der Waals surface area contributed by atoms with Crippen LogP contribution in [0.5, 0.6) is 0 Å². The number of piperidine rings is 1. The second-order valence-electron chi connectivity index (χ2n) is 4.91. The molecular formula is C15H22IN3O2. The molecule has 1 heterocycles. The Balaban J connectivity index is 0.00000220. The maximum Gasteiger partial charge on any atom is 0.337 e. The molecule has 0 unspecified atom stereocenters. The molecule has 21 heavy (non-hydrogen) atoms. The van der Waals surface area contributed by atoms with Crippen molar-refractivity contribution in [2.24, 2.45) is 10.7 Å². The van der Waals surface area contributed by atoms with Gasteiger partial charge in [-0.1, -0.05) is 12.1 Å². The van der Waals surface area contributed by atoms with Crippen LogP contribution in [0.15, 0.2) is 29.3 Å². The molecule has 0 aromatic heterocycles. The smallest absolute Gasteiger partial charge is 0.337 e. The lowest BCUT2D eigenvalue weighted by atomic mass is 10.1. The minimum absolute atomic E-state index is 0. The summed E-state index contributed by atoms with van der Waals surface area (Å²) in [6, 6.07) is 7.28. The first-order chi connectivity index (χ1) is 9.70. The van der Waals surface area contributed by atoms with Crippen LogP contribution in [0.4, 0.5) is 0 Å². The van der Waals surface area contributed by atoms with Gasteiger partial charge in [-0.25, -0.2) is 9.79 Å². The highest BCUT2D eigenvalue weighted by molar-refractivity contribution is 14.0. The number of carbonyl (C=O) groups is 1. The van der Waals surface area contributed by atoms with Gasteiger partial charge in [0.2, 0.25) is 0 Å². The summed E-state index contributed by atoms with van der Waals surface area (Å²) in [6.07, 6.45) is 3.62. The van der Waals surface area contributed by atoms with Crippen molar-refractivity contribution < 1.29 is 9.53 Å². The van der Waals surface area contributed by atoms with Crippen LogP contribution in [-0.4, -0.2) is 37.0 Å². The SMILES string of the molecule is COC(=O)c1cccc(CN=C(N)N2CCCCC2)c1.I. The number of hydrogen-bond acceptors (Lipinski definition) is 3. The Bertz CT molecular complexity index is 499. The summed E-state index contributed by atoms with van der Waals surface area (Å²) in [6.45, 7) is 2.45. The van der Waals surface area contributed by atoms with E-state index in [1.165, 1.54) is 26.4 Å². The number of carbonyl (C=O) groups excluding carboxylic acids is 1. The third kappa shape index (κ3) is 5.18. The van der Waals surface area contributed by atoms with E-state index in [1.54, 1.807) is 12.1 Å². The van der Waals surface area contributed by atoms with E-state index >= 15 is 0 Å². The number of halogens is 1. The quantitative estimate of drug-likeness (QED) is 0.364. The van der Waals surface area contributed by atoms with Gasteiger partial charge in [-0.3, -0.25) is 0 Å². The standard InChI is InChI=1S/C15H21N3O2.HI/c1-20-14(19)13-7-5-6-12(10-13)11-17-15(16)18-8-3-2-4-9-18;/h5-7,10H,2-4,8-9,11H2,1H3,(H2,16,17);1H. The Hall–Kier alpha value is -1.31. The lowest BCUT2D eigenvalue weighted by Gasteiger charge is -2.27. The molecule has 6 heteroatoms. The largest absolute Gasteiger partial charge is 0.465 e. The van der Waals surface area contributed by atoms with Crippen molar-refractivity contribution in [2.75, 3.05) is 20.2 Å². The molecule has 0 aliphatic carbocycles. The zero-order valence-corrected chi connectivity index (χ0v) is 14.6. The van der Waals surface area contributed by atoms with Gasteiger partial charge >= 0.3 is 5.97 Å². The minimum Gasteiger partial charge on any atom is -0.465 e. The van der Waals surface area contributed by atoms with Crippen LogP contribution < -0.4 is 5.73 Å². The minimum atomic E-state index is -0.333. The van der Waals surface area contributed by atoms with Crippen LogP contribution in [0.3, 0.4) is 0 Å². The van der Waals surface area contributed by atoms with E-state index in [0.717, 1.165) is 18.7 Å². The first-order valence-electron chi connectivity index (χ1n) is 6.93. The lowest BCUT2D eigenvalue weighted by molar-refractivity contribution is 0.0600. The average Bonchev–Trinajstić information content (AvgIpc) is 2.53. The zero-order valence-electron chi connectivity index (χ0n) is 12.2. The molecular weight excluding hydrogens is 381 g/mol. The second-order valence-corrected chi connectivity index (χ2v) is 4.91. The van der Waals surface area contributed by atoms with E-state index in [4.69, 9.17) is 10.5 Å². The summed E-state index contributed by atoms with van der Waals surface area (Å²) >= 11 is 0. The molecule has 116 valence electrons. The summed E-state index contributed by atoms with van der Waals surface area (Å²) < 4.78 is 4.70. The molecule has 2 N–H and O–H groups in total. The van der Waals surface area contributed by atoms with Crippen molar-refractivity contribution in [3.05, 3.63) is 35.4 Å². The summed E-state index contributed by atoms with van der Waals surface area (Å²) in [5.74, 6) is 0.257. The molecule has 0 saturated carbocycles. The van der Waals surface area contributed by atoms with Crippen LogP contribution in [0.2, 0.25) is 0 Å². The van der Waals surface area contributed by atoms with E-state index in [0.29, 0.717) is 18.1 Å². The molecule has 2 rings (SSSR count). The van der Waals surface area contributed by atoms with Crippen molar-refractivity contribution in [1.82, 2.24) is 4.90 Å². The monoisotopic (exact) mass is 403 g/mol. The van der Waals surface area contributed by atoms with Gasteiger partial charge in [0.25, 0.3) is 0 Å². The number of nitrogens with zero attached hydrogens (tertiary/aromatic N) is 2. The molecule has 5 nitrogen and oxygen atoms in total. The second kappa shape index (κ2) is 8.86. The summed E-state index contributed by atoms with van der Waals surface area (Å²) in [4.78, 5) is 18.0. The van der Waals surface area contributed by atoms with E-state index < -0.39 is 0 Å². The third-order valence-corrected chi connectivity index (χ3v) is 3.45. The van der Waals surface area contributed by atoms with Crippen molar-refractivity contribution in [3.8, 4) is 0 Å². The van der Waals surface area contributed by atoms with Gasteiger partial charge in [-0.15, -0.1) is 24.0 Å². The zero-order chi connectivity index (χ0) is 14.4. The number of methoxy groups -OCH3 is 1. The third-order valence-electron chi connectivity index (χ3n) is 3.45. The van der Waals surface area contributed by atoms with Gasteiger partial charge in [-0.05, 0) is 37.0 Å². The number of aliphatic imine (C=N–C) groups is 1. The van der Waals surface area contributed by atoms with E-state index in [9.17, 15) is 4.79 Å². The number of esters is 1. The summed E-state index contributed by atoms with van der Waals surface area (Å²) in [7, 11) is 1.38. The van der Waals surface area contributed by atoms with Crippen LogP contribution in [-0.2, 0) is 11.3 Å². The van der Waals surface area contributed by atoms with Crippen molar-refractivity contribution in [3.63, 3.8) is 0 Å². The fourth-order valence-corrected chi connectivity index (χ4v) is 2.31. The van der Waals surface area contributed by atoms with Crippen molar-refractivity contribution in [2.45, 2.75) is 25.8 Å². The summed E-state index contributed by atoms with van der Waals surface area (Å²) in [5, 5.41) is 0. The Morgan fingerprint density at radius 1 is 1.33 bits per heavy atom. The predicted octanol–water partition coefficient (Wildman–Crippen LogP) is 2.39. The Kier molecular flexibility index (Phi) is 7.49. The lowest BCUT2D eigenvalue weighted by Crippen LogP contribution is -2.40. The van der Waals surface area contributed by atoms with Crippen LogP contribution in [0, 0.1) is 0 Å². The van der Waals surface area contributed by atoms with Gasteiger partial charge < -0.3 is 15.4 Å². The van der Waals surface area contributed by atoms with Crippen molar-refractivity contribution in [1.29, 1.82) is 0 Å². The molecule has 0 spiro atoms. The molecule has 0 atom stereocenters. The molecule has 1 fully saturated rings. The highest BCUT2D eigenvalue weighted by atomic mass is 127. The first-order valence-corrected chi connectivity index (χ1v) is 6.93. The molecule has 1 aliphatic rings. The molecule has 1 aromatic rings. The normalized spacial score (nSPS) is 15.3. The summed E-state index contributed by atoms with van der Waals surface area (Å²) in [5.41, 5.74) is 7.49. The fraction of sp³-hybridized carbons (Fsp3) is 0.467. The number of hydrogen-bond donors (Lipinski definition) is 1. The van der Waals surface area contributed by atoms with E-state index in [-0.39, 0.29) is 29.9 Å². The molecule has 1 saturated heterocycles. The molecule has 1 aromatic carbocycles. The highest BCUT2D eigenvalue weighted by Crippen LogP contribution is 2.10. The predicted molar refractivity (Wildman–Crippen MR) is 93.9 cm³/mol. The number of rotatable bonds is 3. The maximum atomic E-state index is 11.5. The van der Waals surface area contributed by atoms with E-state index in [2.05, 4.69) is 9.89 Å². The van der Waals surface area contributed by atoms with E-state index in [1.807, 2.05) is 12.1 Å². The van der Waals surface area contributed by atoms with Gasteiger partial charge in [0.05, 0.1) is 19.2 Å². The van der Waals surface area contributed by atoms with Crippen LogP contribution >= 0.6 is 24.0 Å². The number of nitrogens with two attached hydrogens (primary N) is 1.